The molecule has 4 nitrogen and oxygen atoms in total. The van der Waals surface area contributed by atoms with Gasteiger partial charge in [-0.3, -0.25) is 0 Å². The molecule has 0 unspecified atom stereocenters. The van der Waals surface area contributed by atoms with Gasteiger partial charge >= 0.3 is 12.4 Å². The monoisotopic (exact) mass is 346 g/mol. The third kappa shape index (κ3) is 2.86. The highest BCUT2D eigenvalue weighted by Crippen LogP contribution is 2.43. The van der Waals surface area contributed by atoms with Crippen LogP contribution < -0.4 is 0 Å². The van der Waals surface area contributed by atoms with Gasteiger partial charge in [-0.05, 0) is 18.2 Å². The second-order valence-corrected chi connectivity index (χ2v) is 4.83. The van der Waals surface area contributed by atoms with Crippen molar-refractivity contribution in [1.29, 1.82) is 0 Å². The first-order valence-corrected chi connectivity index (χ1v) is 6.49. The second kappa shape index (κ2) is 5.39. The number of H-pyrrole nitrogens is 1. The van der Waals surface area contributed by atoms with Crippen LogP contribution in [0.4, 0.5) is 26.3 Å². The van der Waals surface area contributed by atoms with Gasteiger partial charge in [-0.2, -0.15) is 31.4 Å². The number of rotatable bonds is 2. The summed E-state index contributed by atoms with van der Waals surface area (Å²) < 4.78 is 80.4. The average Bonchev–Trinajstić information content (AvgIpc) is 3.17. The first-order valence-electron chi connectivity index (χ1n) is 6.49. The number of aromatic nitrogens is 4. The van der Waals surface area contributed by atoms with E-state index in [-0.39, 0.29) is 11.8 Å². The van der Waals surface area contributed by atoms with Crippen LogP contribution in [0.3, 0.4) is 0 Å². The molecule has 1 N–H and O–H groups in total. The lowest BCUT2D eigenvalue weighted by molar-refractivity contribution is -0.142. The maximum absolute atomic E-state index is 13.3. The topological polar surface area (TPSA) is 46.5 Å². The van der Waals surface area contributed by atoms with Gasteiger partial charge < -0.3 is 4.98 Å². The van der Waals surface area contributed by atoms with Crippen molar-refractivity contribution >= 4 is 0 Å². The molecule has 0 radical (unpaired) electrons. The molecule has 0 saturated heterocycles. The first-order chi connectivity index (χ1) is 11.2. The van der Waals surface area contributed by atoms with Crippen molar-refractivity contribution in [2.75, 3.05) is 0 Å². The van der Waals surface area contributed by atoms with Gasteiger partial charge in [0.05, 0.1) is 35.0 Å². The molecule has 24 heavy (non-hydrogen) atoms. The van der Waals surface area contributed by atoms with Crippen molar-refractivity contribution < 1.29 is 26.3 Å². The highest BCUT2D eigenvalue weighted by atomic mass is 19.4. The third-order valence-corrected chi connectivity index (χ3v) is 3.29. The predicted molar refractivity (Wildman–Crippen MR) is 71.1 cm³/mol. The van der Waals surface area contributed by atoms with E-state index in [2.05, 4.69) is 15.1 Å². The first kappa shape index (κ1) is 16.1. The van der Waals surface area contributed by atoms with Gasteiger partial charge in [-0.25, -0.2) is 9.67 Å². The molecule has 0 fully saturated rings. The maximum Gasteiger partial charge on any atom is 0.418 e. The Morgan fingerprint density at radius 1 is 0.958 bits per heavy atom. The summed E-state index contributed by atoms with van der Waals surface area (Å²) in [5.41, 5.74) is -3.84. The van der Waals surface area contributed by atoms with E-state index in [1.54, 1.807) is 0 Å². The average molecular weight is 346 g/mol. The molecule has 0 aliphatic carbocycles. The maximum atomic E-state index is 13.3. The lowest BCUT2D eigenvalue weighted by atomic mass is 9.99. The largest absolute Gasteiger partial charge is 0.418 e. The second-order valence-electron chi connectivity index (χ2n) is 4.83. The fourth-order valence-corrected chi connectivity index (χ4v) is 2.28. The highest BCUT2D eigenvalue weighted by molar-refractivity contribution is 5.69. The zero-order chi connectivity index (χ0) is 17.5. The van der Waals surface area contributed by atoms with Crippen molar-refractivity contribution in [3.05, 3.63) is 54.2 Å². The SMILES string of the molecule is FC(F)(F)c1cc(C(F)(F)F)c(-n2cccn2)cc1-c1cnc[nH]1. The minimum absolute atomic E-state index is 0.0514. The summed E-state index contributed by atoms with van der Waals surface area (Å²) in [5, 5.41) is 3.68. The smallest absolute Gasteiger partial charge is 0.345 e. The molecule has 0 aliphatic rings. The van der Waals surface area contributed by atoms with Gasteiger partial charge in [-0.1, -0.05) is 0 Å². The van der Waals surface area contributed by atoms with Crippen molar-refractivity contribution in [3.63, 3.8) is 0 Å². The quantitative estimate of drug-likeness (QED) is 0.703. The van der Waals surface area contributed by atoms with E-state index < -0.39 is 34.7 Å². The number of benzene rings is 1. The van der Waals surface area contributed by atoms with Crippen LogP contribution in [0, 0.1) is 0 Å². The molecule has 0 saturated carbocycles. The Morgan fingerprint density at radius 2 is 1.67 bits per heavy atom. The number of hydrogen-bond acceptors (Lipinski definition) is 2. The van der Waals surface area contributed by atoms with Crippen molar-refractivity contribution in [2.45, 2.75) is 12.4 Å². The summed E-state index contributed by atoms with van der Waals surface area (Å²) in [4.78, 5) is 6.09. The molecule has 0 atom stereocenters. The van der Waals surface area contributed by atoms with Crippen molar-refractivity contribution in [3.8, 4) is 16.9 Å². The molecular weight excluding hydrogens is 338 g/mol. The number of imidazole rings is 1. The van der Waals surface area contributed by atoms with E-state index in [0.717, 1.165) is 23.3 Å². The zero-order valence-corrected chi connectivity index (χ0v) is 11.7. The number of nitrogens with zero attached hydrogens (tertiary/aromatic N) is 3. The molecule has 10 heteroatoms. The normalized spacial score (nSPS) is 12.6. The molecule has 126 valence electrons. The molecule has 2 aromatic heterocycles. The van der Waals surface area contributed by atoms with E-state index in [1.165, 1.54) is 18.5 Å². The Bertz CT molecular complexity index is 764. The van der Waals surface area contributed by atoms with Crippen LogP contribution in [0.25, 0.3) is 16.9 Å². The predicted octanol–water partition coefficient (Wildman–Crippen LogP) is 4.30. The number of halogens is 6. The van der Waals surface area contributed by atoms with Crippen LogP contribution in [0.2, 0.25) is 0 Å². The van der Waals surface area contributed by atoms with Gasteiger partial charge in [0.15, 0.2) is 0 Å². The standard InChI is InChI=1S/C14H8F6N4/c15-13(16,17)9-5-10(14(18,19)20)12(24-3-1-2-23-24)4-8(9)11-6-21-7-22-11/h1-7H,(H,21,22). The number of nitrogens with one attached hydrogen (secondary N) is 1. The summed E-state index contributed by atoms with van der Waals surface area (Å²) in [6.45, 7) is 0. The Labute approximate surface area is 130 Å². The van der Waals surface area contributed by atoms with E-state index in [4.69, 9.17) is 0 Å². The van der Waals surface area contributed by atoms with Crippen LogP contribution >= 0.6 is 0 Å². The molecule has 0 aliphatic heterocycles. The molecule has 3 aromatic rings. The van der Waals surface area contributed by atoms with Gasteiger partial charge in [0.2, 0.25) is 0 Å². The van der Waals surface area contributed by atoms with E-state index >= 15 is 0 Å². The number of aromatic amines is 1. The molecular formula is C14H8F6N4. The molecule has 0 spiro atoms. The Hall–Kier alpha value is -2.78. The fraction of sp³-hybridized carbons (Fsp3) is 0.143. The van der Waals surface area contributed by atoms with E-state index in [0.29, 0.717) is 0 Å². The van der Waals surface area contributed by atoms with Gasteiger partial charge in [-0.15, -0.1) is 0 Å². The molecule has 0 amide bonds. The van der Waals surface area contributed by atoms with Crippen molar-refractivity contribution in [2.24, 2.45) is 0 Å². The Morgan fingerprint density at radius 3 is 2.17 bits per heavy atom. The summed E-state index contributed by atoms with van der Waals surface area (Å²) in [5.74, 6) is 0. The van der Waals surface area contributed by atoms with E-state index in [1.807, 2.05) is 0 Å². The summed E-state index contributed by atoms with van der Waals surface area (Å²) in [6, 6.07) is 2.26. The number of alkyl halides is 6. The third-order valence-electron chi connectivity index (χ3n) is 3.29. The minimum Gasteiger partial charge on any atom is -0.345 e. The lowest BCUT2D eigenvalue weighted by Gasteiger charge is -2.19. The fourth-order valence-electron chi connectivity index (χ4n) is 2.28. The molecule has 1 aromatic carbocycles. The van der Waals surface area contributed by atoms with Gasteiger partial charge in [0.1, 0.15) is 0 Å². The minimum atomic E-state index is -4.98. The van der Waals surface area contributed by atoms with Crippen LogP contribution in [0.5, 0.6) is 0 Å². The zero-order valence-electron chi connectivity index (χ0n) is 11.7. The van der Waals surface area contributed by atoms with Crippen LogP contribution in [-0.2, 0) is 12.4 Å². The molecule has 0 bridgehead atoms. The van der Waals surface area contributed by atoms with Crippen molar-refractivity contribution in [1.82, 2.24) is 19.7 Å². The van der Waals surface area contributed by atoms with Gasteiger partial charge in [0.25, 0.3) is 0 Å². The molecule has 2 heterocycles. The summed E-state index contributed by atoms with van der Waals surface area (Å²) >= 11 is 0. The summed E-state index contributed by atoms with van der Waals surface area (Å²) in [7, 11) is 0. The molecule has 3 rings (SSSR count). The van der Waals surface area contributed by atoms with Gasteiger partial charge in [0, 0.05) is 18.0 Å². The number of hydrogen-bond donors (Lipinski definition) is 1. The lowest BCUT2D eigenvalue weighted by Crippen LogP contribution is -2.16. The Kier molecular flexibility index (Phi) is 3.61. The van der Waals surface area contributed by atoms with Crippen LogP contribution in [-0.4, -0.2) is 19.7 Å². The Balaban J connectivity index is 2.36. The van der Waals surface area contributed by atoms with Crippen LogP contribution in [0.1, 0.15) is 11.1 Å². The van der Waals surface area contributed by atoms with Crippen LogP contribution in [0.15, 0.2) is 43.1 Å². The van der Waals surface area contributed by atoms with E-state index in [9.17, 15) is 26.3 Å². The summed E-state index contributed by atoms with van der Waals surface area (Å²) in [6.07, 6.45) is -5.26. The highest BCUT2D eigenvalue weighted by Gasteiger charge is 2.41.